The van der Waals surface area contributed by atoms with E-state index in [-0.39, 0.29) is 0 Å². The Morgan fingerprint density at radius 3 is 2.56 bits per heavy atom. The van der Waals surface area contributed by atoms with Gasteiger partial charge in [-0.15, -0.1) is 0 Å². The van der Waals surface area contributed by atoms with Gasteiger partial charge in [-0.3, -0.25) is 0 Å². The molecule has 0 aliphatic rings. The van der Waals surface area contributed by atoms with Crippen LogP contribution < -0.4 is 11.5 Å². The van der Waals surface area contributed by atoms with Crippen molar-refractivity contribution in [1.29, 1.82) is 0 Å². The zero-order valence-corrected chi connectivity index (χ0v) is 5.22. The molecule has 50 valence electrons. The second-order valence-corrected chi connectivity index (χ2v) is 1.75. The van der Waals surface area contributed by atoms with E-state index in [1.807, 2.05) is 0 Å². The van der Waals surface area contributed by atoms with Gasteiger partial charge < -0.3 is 15.9 Å². The van der Waals surface area contributed by atoms with Gasteiger partial charge in [-0.25, -0.2) is 0 Å². The first-order chi connectivity index (χ1) is 4.24. The molecule has 0 saturated heterocycles. The Hall–Kier alpha value is -1.03. The highest BCUT2D eigenvalue weighted by Crippen LogP contribution is 2.09. The number of rotatable bonds is 1. The highest BCUT2D eigenvalue weighted by Gasteiger charge is 2.01. The average Bonchev–Trinajstić information content (AvgIpc) is 2.13. The van der Waals surface area contributed by atoms with Crippen LogP contribution in [0, 0.1) is 6.92 Å². The largest absolute Gasteiger partial charge is 0.442 e. The molecular weight excluding hydrogens is 118 g/mol. The Balaban J connectivity index is 2.98. The number of aryl methyl sites for hydroxylation is 1. The Kier molecular flexibility index (Phi) is 1.40. The molecule has 0 amide bonds. The second kappa shape index (κ2) is 2.06. The fraction of sp³-hybridized carbons (Fsp3) is 0.400. The van der Waals surface area contributed by atoms with Crippen LogP contribution in [-0.2, 0) is 6.54 Å². The van der Waals surface area contributed by atoms with Crippen molar-refractivity contribution in [3.63, 3.8) is 0 Å². The van der Waals surface area contributed by atoms with E-state index in [1.165, 1.54) is 0 Å². The molecule has 0 fully saturated rings. The molecule has 0 bridgehead atoms. The van der Waals surface area contributed by atoms with Crippen molar-refractivity contribution >= 4 is 5.82 Å². The molecule has 0 unspecified atom stereocenters. The Morgan fingerprint density at radius 1 is 1.67 bits per heavy atom. The number of nitrogen functional groups attached to an aromatic ring is 1. The van der Waals surface area contributed by atoms with Crippen LogP contribution in [0.2, 0.25) is 0 Å². The fourth-order valence-corrected chi connectivity index (χ4v) is 0.552. The molecule has 1 heterocycles. The number of oxazole rings is 1. The van der Waals surface area contributed by atoms with Crippen LogP contribution in [0.15, 0.2) is 4.42 Å². The molecule has 1 rings (SSSR count). The summed E-state index contributed by atoms with van der Waals surface area (Å²) in [5.74, 6) is 1.55. The highest BCUT2D eigenvalue weighted by molar-refractivity contribution is 5.31. The average molecular weight is 127 g/mol. The molecule has 0 aromatic carbocycles. The van der Waals surface area contributed by atoms with Crippen LogP contribution >= 0.6 is 0 Å². The molecule has 4 nitrogen and oxygen atoms in total. The number of hydrogen-bond donors (Lipinski definition) is 2. The number of aromatic nitrogens is 1. The molecule has 4 heteroatoms. The maximum Gasteiger partial charge on any atom is 0.210 e. The quantitative estimate of drug-likeness (QED) is 0.557. The molecule has 0 aliphatic carbocycles. The van der Waals surface area contributed by atoms with E-state index in [2.05, 4.69) is 4.98 Å². The van der Waals surface area contributed by atoms with Gasteiger partial charge >= 0.3 is 0 Å². The van der Waals surface area contributed by atoms with E-state index in [0.717, 1.165) is 0 Å². The monoisotopic (exact) mass is 127 g/mol. The minimum absolute atomic E-state index is 0.304. The van der Waals surface area contributed by atoms with Crippen molar-refractivity contribution in [2.75, 3.05) is 5.73 Å². The number of nitrogens with zero attached hydrogens (tertiary/aromatic N) is 1. The summed E-state index contributed by atoms with van der Waals surface area (Å²) in [6.07, 6.45) is 0. The van der Waals surface area contributed by atoms with E-state index in [4.69, 9.17) is 15.9 Å². The van der Waals surface area contributed by atoms with Crippen LogP contribution in [0.1, 0.15) is 11.7 Å². The number of anilines is 1. The molecule has 0 aliphatic heterocycles. The number of nitrogens with two attached hydrogens (primary N) is 2. The van der Waals surface area contributed by atoms with Gasteiger partial charge in [0.1, 0.15) is 5.76 Å². The third kappa shape index (κ3) is 1.02. The van der Waals surface area contributed by atoms with Gasteiger partial charge in [-0.05, 0) is 6.92 Å². The number of hydrogen-bond acceptors (Lipinski definition) is 4. The van der Waals surface area contributed by atoms with E-state index >= 15 is 0 Å². The van der Waals surface area contributed by atoms with Gasteiger partial charge in [0.15, 0.2) is 5.82 Å². The Morgan fingerprint density at radius 2 is 2.33 bits per heavy atom. The predicted octanol–water partition coefficient (Wildman–Crippen LogP) is 0.0239. The molecular formula is C5H9N3O. The second-order valence-electron chi connectivity index (χ2n) is 1.75. The summed E-state index contributed by atoms with van der Waals surface area (Å²) in [5.41, 5.74) is 10.6. The van der Waals surface area contributed by atoms with Crippen LogP contribution in [0.25, 0.3) is 0 Å². The summed E-state index contributed by atoms with van der Waals surface area (Å²) in [7, 11) is 0. The van der Waals surface area contributed by atoms with Gasteiger partial charge in [-0.2, -0.15) is 4.98 Å². The van der Waals surface area contributed by atoms with Gasteiger partial charge in [-0.1, -0.05) is 0 Å². The van der Waals surface area contributed by atoms with Crippen molar-refractivity contribution in [2.45, 2.75) is 13.5 Å². The van der Waals surface area contributed by atoms with Crippen molar-refractivity contribution in [2.24, 2.45) is 5.73 Å². The first kappa shape index (κ1) is 6.10. The fourth-order valence-electron chi connectivity index (χ4n) is 0.552. The van der Waals surface area contributed by atoms with Crippen molar-refractivity contribution in [3.05, 3.63) is 11.7 Å². The summed E-state index contributed by atoms with van der Waals surface area (Å²) in [6, 6.07) is 0. The Bertz CT molecular complexity index is 186. The van der Waals surface area contributed by atoms with Gasteiger partial charge in [0.2, 0.25) is 5.89 Å². The van der Waals surface area contributed by atoms with E-state index in [0.29, 0.717) is 24.0 Å². The molecule has 9 heavy (non-hydrogen) atoms. The summed E-state index contributed by atoms with van der Waals surface area (Å²) in [6.45, 7) is 2.06. The minimum atomic E-state index is 0.304. The molecule has 1 aromatic heterocycles. The summed E-state index contributed by atoms with van der Waals surface area (Å²) >= 11 is 0. The molecule has 4 N–H and O–H groups in total. The standard InChI is InChI=1S/C5H9N3O/c1-3-5(7)8-4(2-6)9-3/h2,6-7H2,1H3. The smallest absolute Gasteiger partial charge is 0.210 e. The predicted molar refractivity (Wildman–Crippen MR) is 33.5 cm³/mol. The first-order valence-corrected chi connectivity index (χ1v) is 2.66. The SMILES string of the molecule is Cc1oc(CN)nc1N. The first-order valence-electron chi connectivity index (χ1n) is 2.66. The lowest BCUT2D eigenvalue weighted by Gasteiger charge is -1.80. The van der Waals surface area contributed by atoms with Gasteiger partial charge in [0.25, 0.3) is 0 Å². The zero-order chi connectivity index (χ0) is 6.85. The zero-order valence-electron chi connectivity index (χ0n) is 5.22. The lowest BCUT2D eigenvalue weighted by molar-refractivity contribution is 0.474. The van der Waals surface area contributed by atoms with Crippen LogP contribution in [0.5, 0.6) is 0 Å². The van der Waals surface area contributed by atoms with E-state index in [9.17, 15) is 0 Å². The minimum Gasteiger partial charge on any atom is -0.442 e. The van der Waals surface area contributed by atoms with Gasteiger partial charge in [0.05, 0.1) is 6.54 Å². The van der Waals surface area contributed by atoms with Crippen LogP contribution in [-0.4, -0.2) is 4.98 Å². The third-order valence-electron chi connectivity index (χ3n) is 1.05. The summed E-state index contributed by atoms with van der Waals surface area (Å²) in [5, 5.41) is 0. The van der Waals surface area contributed by atoms with Crippen LogP contribution in [0.3, 0.4) is 0 Å². The van der Waals surface area contributed by atoms with E-state index < -0.39 is 0 Å². The molecule has 0 spiro atoms. The topological polar surface area (TPSA) is 78.1 Å². The highest BCUT2D eigenvalue weighted by atomic mass is 16.4. The molecule has 0 saturated carbocycles. The van der Waals surface area contributed by atoms with Gasteiger partial charge in [0, 0.05) is 0 Å². The normalized spacial score (nSPS) is 10.0. The van der Waals surface area contributed by atoms with Crippen molar-refractivity contribution < 1.29 is 4.42 Å². The summed E-state index contributed by atoms with van der Waals surface area (Å²) in [4.78, 5) is 3.81. The lowest BCUT2D eigenvalue weighted by Crippen LogP contribution is -1.96. The molecule has 1 aromatic rings. The maximum atomic E-state index is 5.36. The Labute approximate surface area is 52.9 Å². The summed E-state index contributed by atoms with van der Waals surface area (Å²) < 4.78 is 5.00. The third-order valence-corrected chi connectivity index (χ3v) is 1.05. The van der Waals surface area contributed by atoms with E-state index in [1.54, 1.807) is 6.92 Å². The van der Waals surface area contributed by atoms with Crippen LogP contribution in [0.4, 0.5) is 5.82 Å². The molecule has 0 radical (unpaired) electrons. The van der Waals surface area contributed by atoms with Crippen molar-refractivity contribution in [3.8, 4) is 0 Å². The lowest BCUT2D eigenvalue weighted by atomic mass is 10.5. The molecule has 0 atom stereocenters. The van der Waals surface area contributed by atoms with Crippen molar-refractivity contribution in [1.82, 2.24) is 4.98 Å². The maximum absolute atomic E-state index is 5.36.